The van der Waals surface area contributed by atoms with Gasteiger partial charge in [-0.2, -0.15) is 21.6 Å². The van der Waals surface area contributed by atoms with Gasteiger partial charge < -0.3 is 5.41 Å². The highest BCUT2D eigenvalue weighted by Gasteiger charge is 2.47. The minimum Gasteiger partial charge on any atom is -0.306 e. The number of halogens is 4. The Morgan fingerprint density at radius 1 is 1.40 bits per heavy atom. The first-order chi connectivity index (χ1) is 6.70. The Hall–Kier alpha value is -0.960. The first-order valence-electron chi connectivity index (χ1n) is 3.52. The zero-order chi connectivity index (χ0) is 12.1. The molecule has 0 amide bonds. The van der Waals surface area contributed by atoms with Crippen LogP contribution in [0, 0.1) is 5.41 Å². The fourth-order valence-electron chi connectivity index (χ4n) is 0.480. The van der Waals surface area contributed by atoms with Gasteiger partial charge >= 0.3 is 15.6 Å². The monoisotopic (exact) mass is 249 g/mol. The molecule has 0 atom stereocenters. The molecule has 0 aliphatic heterocycles. The van der Waals surface area contributed by atoms with Gasteiger partial charge in [-0.05, 0) is 12.5 Å². The maximum Gasteiger partial charge on any atom is 0.523 e. The zero-order valence-electron chi connectivity index (χ0n) is 7.21. The van der Waals surface area contributed by atoms with Crippen molar-refractivity contribution in [2.24, 2.45) is 0 Å². The average molecular weight is 249 g/mol. The van der Waals surface area contributed by atoms with Gasteiger partial charge in [0.2, 0.25) is 0 Å². The van der Waals surface area contributed by atoms with Gasteiger partial charge in [0, 0.05) is 0 Å². The number of rotatable bonds is 5. The highest BCUT2D eigenvalue weighted by atomic mass is 32.2. The SMILES string of the molecule is N=C/C(F)=C\CCOS(=O)(=O)C(F)(F)F. The van der Waals surface area contributed by atoms with E-state index in [1.165, 1.54) is 0 Å². The number of alkyl halides is 3. The molecule has 0 aliphatic carbocycles. The summed E-state index contributed by atoms with van der Waals surface area (Å²) in [4.78, 5) is 0. The summed E-state index contributed by atoms with van der Waals surface area (Å²) in [6.45, 7) is -0.830. The molecular weight excluding hydrogens is 242 g/mol. The van der Waals surface area contributed by atoms with Gasteiger partial charge in [-0.25, -0.2) is 4.39 Å². The third kappa shape index (κ3) is 4.88. The lowest BCUT2D eigenvalue weighted by atomic mass is 10.4. The smallest absolute Gasteiger partial charge is 0.306 e. The van der Waals surface area contributed by atoms with Crippen molar-refractivity contribution in [2.75, 3.05) is 6.61 Å². The number of allylic oxidation sites excluding steroid dienone is 1. The second kappa shape index (κ2) is 5.21. The number of nitrogens with one attached hydrogen (secondary N) is 1. The highest BCUT2D eigenvalue weighted by molar-refractivity contribution is 7.87. The molecular formula is C6H7F4NO3S. The van der Waals surface area contributed by atoms with E-state index in [0.29, 0.717) is 6.21 Å². The molecule has 88 valence electrons. The van der Waals surface area contributed by atoms with Gasteiger partial charge in [0.1, 0.15) is 5.83 Å². The molecule has 0 aromatic heterocycles. The van der Waals surface area contributed by atoms with Crippen molar-refractivity contribution in [3.05, 3.63) is 11.9 Å². The van der Waals surface area contributed by atoms with Gasteiger partial charge in [-0.3, -0.25) is 4.18 Å². The second-order valence-electron chi connectivity index (χ2n) is 2.24. The molecule has 0 radical (unpaired) electrons. The Kier molecular flexibility index (Phi) is 4.88. The molecule has 0 aromatic rings. The molecule has 0 unspecified atom stereocenters. The van der Waals surface area contributed by atoms with Crippen LogP contribution in [-0.4, -0.2) is 26.7 Å². The summed E-state index contributed by atoms with van der Waals surface area (Å²) in [5.74, 6) is -0.983. The molecule has 0 aliphatic rings. The van der Waals surface area contributed by atoms with Crippen molar-refractivity contribution in [3.63, 3.8) is 0 Å². The highest BCUT2D eigenvalue weighted by Crippen LogP contribution is 2.24. The van der Waals surface area contributed by atoms with E-state index in [2.05, 4.69) is 4.18 Å². The van der Waals surface area contributed by atoms with Gasteiger partial charge in [0.25, 0.3) is 0 Å². The van der Waals surface area contributed by atoms with Crippen LogP contribution in [0.5, 0.6) is 0 Å². The topological polar surface area (TPSA) is 67.2 Å². The Morgan fingerprint density at radius 2 is 1.93 bits per heavy atom. The van der Waals surface area contributed by atoms with E-state index in [4.69, 9.17) is 5.41 Å². The largest absolute Gasteiger partial charge is 0.523 e. The van der Waals surface area contributed by atoms with E-state index >= 15 is 0 Å². The zero-order valence-corrected chi connectivity index (χ0v) is 8.03. The van der Waals surface area contributed by atoms with Crippen LogP contribution in [0.25, 0.3) is 0 Å². The molecule has 9 heteroatoms. The quantitative estimate of drug-likeness (QED) is 0.265. The summed E-state index contributed by atoms with van der Waals surface area (Å²) in [5.41, 5.74) is -5.48. The molecule has 0 fully saturated rings. The van der Waals surface area contributed by atoms with Gasteiger partial charge in [0.05, 0.1) is 12.8 Å². The van der Waals surface area contributed by atoms with Gasteiger partial charge in [0.15, 0.2) is 0 Å². The van der Waals surface area contributed by atoms with Crippen LogP contribution >= 0.6 is 0 Å². The lowest BCUT2D eigenvalue weighted by Crippen LogP contribution is -2.25. The second-order valence-corrected chi connectivity index (χ2v) is 3.85. The maximum absolute atomic E-state index is 12.2. The summed E-state index contributed by atoms with van der Waals surface area (Å²) in [7, 11) is -5.61. The van der Waals surface area contributed by atoms with Crippen LogP contribution in [0.15, 0.2) is 11.9 Å². The summed E-state index contributed by atoms with van der Waals surface area (Å²) >= 11 is 0. The Balaban J connectivity index is 4.15. The normalized spacial score (nSPS) is 14.0. The Labute approximate surface area is 83.2 Å². The summed E-state index contributed by atoms with van der Waals surface area (Å²) < 4.78 is 71.2. The minimum absolute atomic E-state index is 0.332. The predicted molar refractivity (Wildman–Crippen MR) is 43.5 cm³/mol. The van der Waals surface area contributed by atoms with Crippen LogP contribution < -0.4 is 0 Å². The van der Waals surface area contributed by atoms with Crippen molar-refractivity contribution in [3.8, 4) is 0 Å². The molecule has 0 saturated heterocycles. The van der Waals surface area contributed by atoms with Crippen molar-refractivity contribution >= 4 is 16.3 Å². The van der Waals surface area contributed by atoms with E-state index in [-0.39, 0.29) is 6.42 Å². The Morgan fingerprint density at radius 3 is 2.33 bits per heavy atom. The minimum atomic E-state index is -5.61. The summed E-state index contributed by atoms with van der Waals surface area (Å²) in [5, 5.41) is 6.36. The molecule has 0 rings (SSSR count). The number of hydrogen-bond acceptors (Lipinski definition) is 4. The van der Waals surface area contributed by atoms with E-state index in [0.717, 1.165) is 6.08 Å². The van der Waals surface area contributed by atoms with Gasteiger partial charge in [-0.1, -0.05) is 0 Å². The fourth-order valence-corrected chi connectivity index (χ4v) is 0.930. The fraction of sp³-hybridized carbons (Fsp3) is 0.500. The third-order valence-corrected chi connectivity index (χ3v) is 2.16. The molecule has 0 bridgehead atoms. The predicted octanol–water partition coefficient (Wildman–Crippen LogP) is 1.75. The van der Waals surface area contributed by atoms with Crippen LogP contribution in [0.4, 0.5) is 17.6 Å². The molecule has 4 nitrogen and oxygen atoms in total. The van der Waals surface area contributed by atoms with Gasteiger partial charge in [-0.15, -0.1) is 0 Å². The van der Waals surface area contributed by atoms with Crippen molar-refractivity contribution < 1.29 is 30.2 Å². The van der Waals surface area contributed by atoms with E-state index in [1.54, 1.807) is 0 Å². The Bertz CT molecular complexity index is 346. The average Bonchev–Trinajstić information content (AvgIpc) is 2.10. The molecule has 0 spiro atoms. The maximum atomic E-state index is 12.2. The molecule has 0 heterocycles. The molecule has 0 aromatic carbocycles. The van der Waals surface area contributed by atoms with E-state index < -0.39 is 28.1 Å². The van der Waals surface area contributed by atoms with Crippen LogP contribution in [0.1, 0.15) is 6.42 Å². The van der Waals surface area contributed by atoms with Crippen LogP contribution in [-0.2, 0) is 14.3 Å². The van der Waals surface area contributed by atoms with Crippen LogP contribution in [0.2, 0.25) is 0 Å². The first kappa shape index (κ1) is 14.0. The molecule has 15 heavy (non-hydrogen) atoms. The molecule has 0 saturated carbocycles. The standard InChI is InChI=1S/C6H7F4NO3S/c7-5(4-11)2-1-3-14-15(12,13)6(8,9)10/h2,4,11H,1,3H2/b5-2+,11-4?. The summed E-state index contributed by atoms with van der Waals surface area (Å²) in [6, 6.07) is 0. The van der Waals surface area contributed by atoms with Crippen molar-refractivity contribution in [1.29, 1.82) is 5.41 Å². The van der Waals surface area contributed by atoms with E-state index in [1.807, 2.05) is 0 Å². The van der Waals surface area contributed by atoms with Crippen LogP contribution in [0.3, 0.4) is 0 Å². The number of hydrogen-bond donors (Lipinski definition) is 1. The van der Waals surface area contributed by atoms with Crippen molar-refractivity contribution in [2.45, 2.75) is 11.9 Å². The molecule has 1 N–H and O–H groups in total. The lowest BCUT2D eigenvalue weighted by molar-refractivity contribution is -0.0541. The first-order valence-corrected chi connectivity index (χ1v) is 4.93. The van der Waals surface area contributed by atoms with E-state index in [9.17, 15) is 26.0 Å². The third-order valence-electron chi connectivity index (χ3n) is 1.12. The lowest BCUT2D eigenvalue weighted by Gasteiger charge is -2.06. The summed E-state index contributed by atoms with van der Waals surface area (Å²) in [6.07, 6.45) is 0.688. The van der Waals surface area contributed by atoms with Crippen molar-refractivity contribution in [1.82, 2.24) is 0 Å².